The maximum atomic E-state index is 2.47. The van der Waals surface area contributed by atoms with Crippen LogP contribution in [0.5, 0.6) is 0 Å². The summed E-state index contributed by atoms with van der Waals surface area (Å²) in [6.45, 7) is 0. The fourth-order valence-corrected chi connectivity index (χ4v) is 9.71. The lowest BCUT2D eigenvalue weighted by Gasteiger charge is -2.27. The first-order chi connectivity index (χ1) is 31.7. The molecule has 2 heteroatoms. The standard InChI is InChI=1S/C62H42N2/c1-2-14-43(15-3-1)44-28-30-45(31-29-44)46-32-37-51(38-33-46)63(53-20-12-19-50(42-53)55-25-13-18-47-16-4-6-21-54(47)55)52-39-34-49(35-40-52)56-22-8-10-26-60(56)64-61-27-11-9-24-58(61)59-41-36-48-17-5-7-23-57(48)62(59)64/h1-42H. The van der Waals surface area contributed by atoms with Crippen molar-refractivity contribution in [1.82, 2.24) is 4.57 Å². The number of anilines is 3. The maximum Gasteiger partial charge on any atom is 0.0619 e. The molecule has 0 saturated heterocycles. The number of hydrogen-bond donors (Lipinski definition) is 0. The van der Waals surface area contributed by atoms with Gasteiger partial charge in [-0.2, -0.15) is 0 Å². The van der Waals surface area contributed by atoms with Crippen molar-refractivity contribution in [2.24, 2.45) is 0 Å². The van der Waals surface area contributed by atoms with E-state index in [2.05, 4.69) is 264 Å². The SMILES string of the molecule is c1ccc(-c2ccc(-c3ccc(N(c4ccc(-c5ccccc5-n5c6ccccc6c6ccc7ccccc7c65)cc4)c4cccc(-c5cccc6ccccc56)c4)cc3)cc2)cc1. The molecule has 0 radical (unpaired) electrons. The minimum Gasteiger partial charge on any atom is -0.310 e. The molecule has 0 saturated carbocycles. The van der Waals surface area contributed by atoms with E-state index in [1.54, 1.807) is 0 Å². The van der Waals surface area contributed by atoms with Crippen molar-refractivity contribution < 1.29 is 0 Å². The first-order valence-electron chi connectivity index (χ1n) is 22.0. The minimum atomic E-state index is 1.08. The molecular formula is C62H42N2. The summed E-state index contributed by atoms with van der Waals surface area (Å²) in [5.74, 6) is 0. The molecule has 0 atom stereocenters. The fraction of sp³-hybridized carbons (Fsp3) is 0. The summed E-state index contributed by atoms with van der Waals surface area (Å²) < 4.78 is 2.47. The van der Waals surface area contributed by atoms with E-state index in [-0.39, 0.29) is 0 Å². The Kier molecular flexibility index (Phi) is 9.20. The number of aromatic nitrogens is 1. The van der Waals surface area contributed by atoms with Crippen molar-refractivity contribution in [2.75, 3.05) is 4.90 Å². The average Bonchev–Trinajstić information content (AvgIpc) is 3.72. The van der Waals surface area contributed by atoms with Gasteiger partial charge >= 0.3 is 0 Å². The normalized spacial score (nSPS) is 11.4. The highest BCUT2D eigenvalue weighted by Gasteiger charge is 2.19. The van der Waals surface area contributed by atoms with E-state index in [4.69, 9.17) is 0 Å². The Labute approximate surface area is 373 Å². The molecule has 0 aliphatic rings. The summed E-state index contributed by atoms with van der Waals surface area (Å²) in [4.78, 5) is 2.38. The first-order valence-corrected chi connectivity index (χ1v) is 22.0. The molecule has 0 N–H and O–H groups in total. The molecule has 64 heavy (non-hydrogen) atoms. The van der Waals surface area contributed by atoms with E-state index in [9.17, 15) is 0 Å². The molecule has 12 aromatic rings. The van der Waals surface area contributed by atoms with Crippen LogP contribution in [0.1, 0.15) is 0 Å². The molecule has 0 bridgehead atoms. The molecular weight excluding hydrogens is 773 g/mol. The minimum absolute atomic E-state index is 1.08. The Bertz CT molecular complexity index is 3630. The van der Waals surface area contributed by atoms with Crippen molar-refractivity contribution in [3.8, 4) is 50.2 Å². The van der Waals surface area contributed by atoms with Crippen LogP contribution < -0.4 is 4.90 Å². The lowest BCUT2D eigenvalue weighted by atomic mass is 9.97. The molecule has 0 aliphatic heterocycles. The van der Waals surface area contributed by atoms with Gasteiger partial charge in [-0.1, -0.05) is 206 Å². The Morgan fingerprint density at radius 3 is 1.50 bits per heavy atom. The van der Waals surface area contributed by atoms with Gasteiger partial charge in [0.25, 0.3) is 0 Å². The molecule has 0 aliphatic carbocycles. The molecule has 300 valence electrons. The van der Waals surface area contributed by atoms with Crippen LogP contribution in [-0.2, 0) is 0 Å². The molecule has 0 fully saturated rings. The van der Waals surface area contributed by atoms with Crippen LogP contribution in [0.4, 0.5) is 17.1 Å². The van der Waals surface area contributed by atoms with E-state index < -0.39 is 0 Å². The van der Waals surface area contributed by atoms with E-state index in [0.29, 0.717) is 0 Å². The highest BCUT2D eigenvalue weighted by Crippen LogP contribution is 2.42. The second kappa shape index (κ2) is 15.8. The van der Waals surface area contributed by atoms with Gasteiger partial charge in [0, 0.05) is 38.8 Å². The van der Waals surface area contributed by atoms with E-state index in [1.165, 1.54) is 82.3 Å². The number of benzene rings is 11. The number of rotatable bonds is 8. The molecule has 1 heterocycles. The van der Waals surface area contributed by atoms with Crippen LogP contribution in [-0.4, -0.2) is 4.57 Å². The monoisotopic (exact) mass is 814 g/mol. The Morgan fingerprint density at radius 1 is 0.266 bits per heavy atom. The lowest BCUT2D eigenvalue weighted by Crippen LogP contribution is -2.10. The molecule has 11 aromatic carbocycles. The quantitative estimate of drug-likeness (QED) is 0.148. The van der Waals surface area contributed by atoms with Crippen molar-refractivity contribution in [3.05, 3.63) is 255 Å². The van der Waals surface area contributed by atoms with Gasteiger partial charge in [0.15, 0.2) is 0 Å². The zero-order valence-electron chi connectivity index (χ0n) is 35.1. The molecule has 1 aromatic heterocycles. The van der Waals surface area contributed by atoms with E-state index >= 15 is 0 Å². The summed E-state index contributed by atoms with van der Waals surface area (Å²) in [6.07, 6.45) is 0. The van der Waals surface area contributed by atoms with Gasteiger partial charge in [-0.3, -0.25) is 0 Å². The average molecular weight is 815 g/mol. The first kappa shape index (κ1) is 37.3. The van der Waals surface area contributed by atoms with Crippen molar-refractivity contribution >= 4 is 60.4 Å². The summed E-state index contributed by atoms with van der Waals surface area (Å²) >= 11 is 0. The number of fused-ring (bicyclic) bond motifs is 6. The molecule has 12 rings (SSSR count). The molecule has 0 unspecified atom stereocenters. The summed E-state index contributed by atoms with van der Waals surface area (Å²) in [5, 5.41) is 7.48. The predicted octanol–water partition coefficient (Wildman–Crippen LogP) is 17.2. The molecule has 0 spiro atoms. The smallest absolute Gasteiger partial charge is 0.0619 e. The van der Waals surface area contributed by atoms with E-state index in [0.717, 1.165) is 28.3 Å². The van der Waals surface area contributed by atoms with Gasteiger partial charge in [-0.05, 0) is 104 Å². The summed E-state index contributed by atoms with van der Waals surface area (Å²) in [6, 6.07) is 92.6. The van der Waals surface area contributed by atoms with Gasteiger partial charge in [0.05, 0.1) is 16.7 Å². The van der Waals surface area contributed by atoms with E-state index in [1.807, 2.05) is 0 Å². The molecule has 0 amide bonds. The van der Waals surface area contributed by atoms with Gasteiger partial charge in [-0.25, -0.2) is 0 Å². The van der Waals surface area contributed by atoms with Crippen molar-refractivity contribution in [1.29, 1.82) is 0 Å². The lowest BCUT2D eigenvalue weighted by molar-refractivity contribution is 1.19. The van der Waals surface area contributed by atoms with Crippen LogP contribution in [0.25, 0.3) is 93.5 Å². The third-order valence-corrected chi connectivity index (χ3v) is 12.8. The largest absolute Gasteiger partial charge is 0.310 e. The van der Waals surface area contributed by atoms with Crippen LogP contribution in [0.2, 0.25) is 0 Å². The van der Waals surface area contributed by atoms with Gasteiger partial charge < -0.3 is 9.47 Å². The Hall–Kier alpha value is -8.46. The topological polar surface area (TPSA) is 8.17 Å². The van der Waals surface area contributed by atoms with Crippen LogP contribution in [0.3, 0.4) is 0 Å². The predicted molar refractivity (Wildman–Crippen MR) is 272 cm³/mol. The number of nitrogens with zero attached hydrogens (tertiary/aromatic N) is 2. The third-order valence-electron chi connectivity index (χ3n) is 12.8. The summed E-state index contributed by atoms with van der Waals surface area (Å²) in [5.41, 5.74) is 16.4. The third kappa shape index (κ3) is 6.52. The highest BCUT2D eigenvalue weighted by molar-refractivity contribution is 6.19. The van der Waals surface area contributed by atoms with Gasteiger partial charge in [0.2, 0.25) is 0 Å². The number of hydrogen-bond acceptors (Lipinski definition) is 1. The van der Waals surface area contributed by atoms with Crippen molar-refractivity contribution in [2.45, 2.75) is 0 Å². The fourth-order valence-electron chi connectivity index (χ4n) is 9.71. The van der Waals surface area contributed by atoms with Crippen LogP contribution in [0.15, 0.2) is 255 Å². The van der Waals surface area contributed by atoms with Gasteiger partial charge in [-0.15, -0.1) is 0 Å². The Balaban J connectivity index is 0.966. The number of para-hydroxylation sites is 2. The van der Waals surface area contributed by atoms with Crippen LogP contribution in [0, 0.1) is 0 Å². The summed E-state index contributed by atoms with van der Waals surface area (Å²) in [7, 11) is 0. The zero-order valence-corrected chi connectivity index (χ0v) is 35.1. The van der Waals surface area contributed by atoms with Gasteiger partial charge in [0.1, 0.15) is 0 Å². The maximum absolute atomic E-state index is 2.47. The second-order valence-electron chi connectivity index (χ2n) is 16.5. The second-order valence-corrected chi connectivity index (χ2v) is 16.5. The molecule has 2 nitrogen and oxygen atoms in total. The highest BCUT2D eigenvalue weighted by atomic mass is 15.1. The van der Waals surface area contributed by atoms with Crippen LogP contribution >= 0.6 is 0 Å². The Morgan fingerprint density at radius 2 is 0.766 bits per heavy atom. The zero-order chi connectivity index (χ0) is 42.4. The van der Waals surface area contributed by atoms with Crippen molar-refractivity contribution in [3.63, 3.8) is 0 Å².